The lowest BCUT2D eigenvalue weighted by Crippen LogP contribution is -2.44. The molecule has 1 heterocycles. The van der Waals surface area contributed by atoms with Gasteiger partial charge in [0.1, 0.15) is 0 Å². The van der Waals surface area contributed by atoms with Crippen LogP contribution in [0.5, 0.6) is 0 Å². The zero-order valence-electron chi connectivity index (χ0n) is 9.90. The van der Waals surface area contributed by atoms with E-state index in [1.54, 1.807) is 6.07 Å². The standard InChI is InChI=1S/C13H16N2OS/c1-10-4-11(5-14)2-3-13(10)9-17(16)8-12-6-15-7-12/h2-4,12,15H,6-9H2,1H3. The van der Waals surface area contributed by atoms with Crippen LogP contribution in [0, 0.1) is 24.2 Å². The fourth-order valence-corrected chi connectivity index (χ4v) is 3.44. The van der Waals surface area contributed by atoms with Crippen LogP contribution in [0.3, 0.4) is 0 Å². The number of nitrogens with one attached hydrogen (secondary N) is 1. The molecule has 1 saturated heterocycles. The first kappa shape index (κ1) is 12.3. The van der Waals surface area contributed by atoms with Gasteiger partial charge >= 0.3 is 0 Å². The van der Waals surface area contributed by atoms with Gasteiger partial charge in [-0.25, -0.2) is 0 Å². The van der Waals surface area contributed by atoms with Crippen LogP contribution in [0.15, 0.2) is 18.2 Å². The molecule has 1 fully saturated rings. The summed E-state index contributed by atoms with van der Waals surface area (Å²) < 4.78 is 11.9. The van der Waals surface area contributed by atoms with Gasteiger partial charge in [0.2, 0.25) is 0 Å². The van der Waals surface area contributed by atoms with Crippen molar-refractivity contribution < 1.29 is 4.21 Å². The second-order valence-corrected chi connectivity index (χ2v) is 6.03. The van der Waals surface area contributed by atoms with Gasteiger partial charge < -0.3 is 5.32 Å². The zero-order valence-corrected chi connectivity index (χ0v) is 10.7. The van der Waals surface area contributed by atoms with E-state index in [0.717, 1.165) is 30.0 Å². The average molecular weight is 248 g/mol. The van der Waals surface area contributed by atoms with Gasteiger partial charge in [0, 0.05) is 35.4 Å². The van der Waals surface area contributed by atoms with Crippen LogP contribution in [-0.4, -0.2) is 23.1 Å². The maximum Gasteiger partial charge on any atom is 0.0991 e. The Kier molecular flexibility index (Phi) is 3.93. The van der Waals surface area contributed by atoms with Crippen LogP contribution in [0.2, 0.25) is 0 Å². The molecular formula is C13H16N2OS. The lowest BCUT2D eigenvalue weighted by molar-refractivity contribution is 0.382. The third kappa shape index (κ3) is 3.15. The molecule has 1 unspecified atom stereocenters. The summed E-state index contributed by atoms with van der Waals surface area (Å²) in [4.78, 5) is 0. The van der Waals surface area contributed by atoms with Gasteiger partial charge in [0.25, 0.3) is 0 Å². The topological polar surface area (TPSA) is 52.9 Å². The van der Waals surface area contributed by atoms with Crippen molar-refractivity contribution in [1.29, 1.82) is 5.26 Å². The molecule has 90 valence electrons. The molecule has 0 spiro atoms. The van der Waals surface area contributed by atoms with E-state index in [-0.39, 0.29) is 0 Å². The number of hydrogen-bond acceptors (Lipinski definition) is 3. The fourth-order valence-electron chi connectivity index (χ4n) is 1.89. The van der Waals surface area contributed by atoms with E-state index in [4.69, 9.17) is 5.26 Å². The van der Waals surface area contributed by atoms with Crippen LogP contribution in [0.25, 0.3) is 0 Å². The van der Waals surface area contributed by atoms with Crippen molar-refractivity contribution in [3.05, 3.63) is 34.9 Å². The first-order valence-electron chi connectivity index (χ1n) is 5.74. The molecule has 0 amide bonds. The smallest absolute Gasteiger partial charge is 0.0991 e. The van der Waals surface area contributed by atoms with Gasteiger partial charge in [0.05, 0.1) is 11.6 Å². The van der Waals surface area contributed by atoms with Crippen LogP contribution >= 0.6 is 0 Å². The van der Waals surface area contributed by atoms with Crippen molar-refractivity contribution in [2.75, 3.05) is 18.8 Å². The van der Waals surface area contributed by atoms with Crippen LogP contribution in [0.1, 0.15) is 16.7 Å². The summed E-state index contributed by atoms with van der Waals surface area (Å²) in [5.74, 6) is 1.97. The first-order valence-corrected chi connectivity index (χ1v) is 7.23. The predicted octanol–water partition coefficient (Wildman–Crippen LogP) is 1.33. The molecule has 0 saturated carbocycles. The molecule has 4 heteroatoms. The summed E-state index contributed by atoms with van der Waals surface area (Å²) in [6.07, 6.45) is 0. The van der Waals surface area contributed by atoms with Gasteiger partial charge in [-0.1, -0.05) is 6.07 Å². The summed E-state index contributed by atoms with van der Waals surface area (Å²) in [6.45, 7) is 3.97. The molecule has 0 aliphatic carbocycles. The molecule has 3 nitrogen and oxygen atoms in total. The van der Waals surface area contributed by atoms with Gasteiger partial charge in [-0.05, 0) is 36.1 Å². The third-order valence-corrected chi connectivity index (χ3v) is 4.55. The average Bonchev–Trinajstić information content (AvgIpc) is 2.26. The summed E-state index contributed by atoms with van der Waals surface area (Å²) >= 11 is 0. The number of rotatable bonds is 4. The molecule has 1 aromatic rings. The second kappa shape index (κ2) is 5.44. The molecular weight excluding hydrogens is 232 g/mol. The molecule has 1 N–H and O–H groups in total. The quantitative estimate of drug-likeness (QED) is 0.874. The van der Waals surface area contributed by atoms with Crippen molar-refractivity contribution in [3.63, 3.8) is 0 Å². The highest BCUT2D eigenvalue weighted by Crippen LogP contribution is 2.14. The molecule has 1 aliphatic heterocycles. The number of benzene rings is 1. The van der Waals surface area contributed by atoms with Crippen molar-refractivity contribution in [2.24, 2.45) is 5.92 Å². The minimum Gasteiger partial charge on any atom is -0.316 e. The molecule has 1 atom stereocenters. The van der Waals surface area contributed by atoms with Crippen LogP contribution in [-0.2, 0) is 16.6 Å². The van der Waals surface area contributed by atoms with Crippen molar-refractivity contribution >= 4 is 10.8 Å². The van der Waals surface area contributed by atoms with Gasteiger partial charge in [0.15, 0.2) is 0 Å². The van der Waals surface area contributed by atoms with Crippen molar-refractivity contribution in [1.82, 2.24) is 5.32 Å². The normalized spacial score (nSPS) is 17.2. The van der Waals surface area contributed by atoms with Crippen LogP contribution < -0.4 is 5.32 Å². The van der Waals surface area contributed by atoms with Gasteiger partial charge in [-0.2, -0.15) is 5.26 Å². The summed E-state index contributed by atoms with van der Waals surface area (Å²) in [6, 6.07) is 7.69. The molecule has 2 rings (SSSR count). The Labute approximate surface area is 104 Å². The molecule has 0 radical (unpaired) electrons. The SMILES string of the molecule is Cc1cc(C#N)ccc1CS(=O)CC1CNC1. The van der Waals surface area contributed by atoms with Gasteiger partial charge in [-0.3, -0.25) is 4.21 Å². The molecule has 1 aromatic carbocycles. The Morgan fingerprint density at radius 3 is 2.82 bits per heavy atom. The first-order chi connectivity index (χ1) is 8.19. The predicted molar refractivity (Wildman–Crippen MR) is 69.0 cm³/mol. The van der Waals surface area contributed by atoms with Gasteiger partial charge in [-0.15, -0.1) is 0 Å². The summed E-state index contributed by atoms with van der Waals surface area (Å²) in [7, 11) is -0.791. The Morgan fingerprint density at radius 1 is 1.53 bits per heavy atom. The Morgan fingerprint density at radius 2 is 2.29 bits per heavy atom. The molecule has 0 bridgehead atoms. The highest BCUT2D eigenvalue weighted by atomic mass is 32.2. The Balaban J connectivity index is 1.98. The van der Waals surface area contributed by atoms with E-state index in [1.807, 2.05) is 19.1 Å². The minimum absolute atomic E-state index is 0.578. The number of aryl methyl sites for hydroxylation is 1. The summed E-state index contributed by atoms with van der Waals surface area (Å²) in [5, 5.41) is 12.0. The van der Waals surface area contributed by atoms with E-state index in [1.165, 1.54) is 0 Å². The molecule has 0 aromatic heterocycles. The van der Waals surface area contributed by atoms with Crippen LogP contribution in [0.4, 0.5) is 0 Å². The summed E-state index contributed by atoms with van der Waals surface area (Å²) in [5.41, 5.74) is 2.82. The Hall–Kier alpha value is -1.18. The number of nitriles is 1. The number of nitrogens with zero attached hydrogens (tertiary/aromatic N) is 1. The monoisotopic (exact) mass is 248 g/mol. The van der Waals surface area contributed by atoms with E-state index in [2.05, 4.69) is 11.4 Å². The zero-order chi connectivity index (χ0) is 12.3. The van der Waals surface area contributed by atoms with E-state index in [9.17, 15) is 4.21 Å². The highest BCUT2D eigenvalue weighted by Gasteiger charge is 2.19. The minimum atomic E-state index is -0.791. The lowest BCUT2D eigenvalue weighted by Gasteiger charge is -2.26. The van der Waals surface area contributed by atoms with E-state index >= 15 is 0 Å². The maximum atomic E-state index is 11.9. The van der Waals surface area contributed by atoms with Crippen molar-refractivity contribution in [2.45, 2.75) is 12.7 Å². The van der Waals surface area contributed by atoms with E-state index in [0.29, 0.717) is 17.2 Å². The molecule has 17 heavy (non-hydrogen) atoms. The Bertz CT molecular complexity index is 475. The van der Waals surface area contributed by atoms with Crippen molar-refractivity contribution in [3.8, 4) is 6.07 Å². The maximum absolute atomic E-state index is 11.9. The lowest BCUT2D eigenvalue weighted by atomic mass is 10.1. The van der Waals surface area contributed by atoms with E-state index < -0.39 is 10.8 Å². The third-order valence-electron chi connectivity index (χ3n) is 3.08. The second-order valence-electron chi connectivity index (χ2n) is 4.53. The molecule has 1 aliphatic rings. The fraction of sp³-hybridized carbons (Fsp3) is 0.462. The highest BCUT2D eigenvalue weighted by molar-refractivity contribution is 7.84. The largest absolute Gasteiger partial charge is 0.316 e. The number of hydrogen-bond donors (Lipinski definition) is 1.